The van der Waals surface area contributed by atoms with Gasteiger partial charge in [-0.05, 0) is 75.5 Å². The van der Waals surface area contributed by atoms with Crippen LogP contribution in [0.2, 0.25) is 0 Å². The van der Waals surface area contributed by atoms with E-state index in [1.54, 1.807) is 25.7 Å². The largest absolute Gasteiger partial charge is 0.347 e. The third kappa shape index (κ3) is 9.14. The smallest absolute Gasteiger partial charge is 0.315 e. The highest BCUT2D eigenvalue weighted by atomic mass is 32.2. The topological polar surface area (TPSA) is 171 Å². The van der Waals surface area contributed by atoms with Gasteiger partial charge >= 0.3 is 6.03 Å². The molecule has 6 unspecified atom stereocenters. The number of carbonyl (C=O) groups is 6. The van der Waals surface area contributed by atoms with Crippen LogP contribution in [0.1, 0.15) is 133 Å². The number of rotatable bonds is 13. The van der Waals surface area contributed by atoms with Crippen LogP contribution < -0.4 is 21.3 Å². The molecular weight excluding hydrogens is 659 g/mol. The Hall–Kier alpha value is -2.83. The average Bonchev–Trinajstić information content (AvgIpc) is 3.87. The van der Waals surface area contributed by atoms with Crippen molar-refractivity contribution in [3.05, 3.63) is 0 Å². The average molecular weight is 720 g/mol. The highest BCUT2D eigenvalue weighted by Crippen LogP contribution is 2.65. The molecule has 1 heterocycles. The number of Topliss-reactive ketones (excluding diaryl/α,β-unsaturated/α-hetero) is 1. The van der Waals surface area contributed by atoms with E-state index in [9.17, 15) is 33.0 Å². The molecule has 5 amide bonds. The zero-order chi connectivity index (χ0) is 37.4. The van der Waals surface area contributed by atoms with Crippen LogP contribution in [0, 0.1) is 22.7 Å². The standard InChI is InChI=1S/C37H61N5O7S/c1-10-11-15-24(28(44)31(46)38-22-16-17-22)39-30(45)27-26-23(36(26,8)9)21-42(27)32(47)29(34(2,3)4)40-33(48)41-37(18-13-12-14-19-37)20-25(43)50(49)35(5,6)7/h22-24,26-27,29H,10-21H2,1-9H3,(H,38,46)(H,39,45)(H2,40,41,48). The second kappa shape index (κ2) is 15.0. The first-order valence-electron chi connectivity index (χ1n) is 18.6. The molecule has 0 aromatic heterocycles. The Kier molecular flexibility index (Phi) is 12.0. The second-order valence-electron chi connectivity index (χ2n) is 17.9. The van der Waals surface area contributed by atoms with Crippen molar-refractivity contribution in [3.8, 4) is 0 Å². The van der Waals surface area contributed by atoms with Gasteiger partial charge in [-0.3, -0.25) is 28.2 Å². The van der Waals surface area contributed by atoms with Gasteiger partial charge in [0, 0.05) is 29.3 Å². The summed E-state index contributed by atoms with van der Waals surface area (Å²) in [5.41, 5.74) is -1.82. The van der Waals surface area contributed by atoms with Gasteiger partial charge in [0.15, 0.2) is 0 Å². The second-order valence-corrected chi connectivity index (χ2v) is 20.1. The molecule has 4 rings (SSSR count). The lowest BCUT2D eigenvalue weighted by Gasteiger charge is -2.40. The molecule has 4 N–H and O–H groups in total. The Morgan fingerprint density at radius 2 is 1.54 bits per heavy atom. The maximum absolute atomic E-state index is 14.5. The van der Waals surface area contributed by atoms with Crippen LogP contribution in [-0.4, -0.2) is 84.8 Å². The summed E-state index contributed by atoms with van der Waals surface area (Å²) >= 11 is 0. The number of nitrogens with one attached hydrogen (secondary N) is 4. The molecule has 1 aliphatic heterocycles. The van der Waals surface area contributed by atoms with Crippen molar-refractivity contribution < 1.29 is 33.0 Å². The lowest BCUT2D eigenvalue weighted by molar-refractivity contribution is -0.145. The van der Waals surface area contributed by atoms with Crippen molar-refractivity contribution in [1.29, 1.82) is 0 Å². The fraction of sp³-hybridized carbons (Fsp3) is 0.838. The van der Waals surface area contributed by atoms with Crippen LogP contribution in [-0.2, 0) is 34.8 Å². The quantitative estimate of drug-likeness (QED) is 0.209. The van der Waals surface area contributed by atoms with E-state index < -0.39 is 79.3 Å². The monoisotopic (exact) mass is 719 g/mol. The Bertz CT molecular complexity index is 1370. The van der Waals surface area contributed by atoms with Gasteiger partial charge in [-0.1, -0.05) is 73.6 Å². The van der Waals surface area contributed by atoms with E-state index in [0.29, 0.717) is 32.2 Å². The summed E-state index contributed by atoms with van der Waals surface area (Å²) in [6.45, 7) is 17.2. The van der Waals surface area contributed by atoms with E-state index in [4.69, 9.17) is 0 Å². The number of carbonyl (C=O) groups excluding carboxylic acids is 6. The highest BCUT2D eigenvalue weighted by Gasteiger charge is 2.70. The number of ketones is 1. The molecule has 4 aliphatic rings. The summed E-state index contributed by atoms with van der Waals surface area (Å²) in [5, 5.41) is 11.1. The van der Waals surface area contributed by atoms with Gasteiger partial charge in [-0.15, -0.1) is 0 Å². The minimum Gasteiger partial charge on any atom is -0.347 e. The van der Waals surface area contributed by atoms with Crippen molar-refractivity contribution in [3.63, 3.8) is 0 Å². The van der Waals surface area contributed by atoms with Crippen molar-refractivity contribution in [2.24, 2.45) is 22.7 Å². The fourth-order valence-electron chi connectivity index (χ4n) is 7.87. The number of likely N-dealkylation sites (tertiary alicyclic amines) is 1. The molecule has 0 bridgehead atoms. The van der Waals surface area contributed by atoms with Crippen LogP contribution >= 0.6 is 0 Å². The summed E-state index contributed by atoms with van der Waals surface area (Å²) < 4.78 is 12.2. The van der Waals surface area contributed by atoms with Crippen LogP contribution in [0.4, 0.5) is 4.79 Å². The maximum Gasteiger partial charge on any atom is 0.315 e. The van der Waals surface area contributed by atoms with E-state index >= 15 is 0 Å². The minimum atomic E-state index is -1.74. The fourth-order valence-corrected chi connectivity index (χ4v) is 8.96. The van der Waals surface area contributed by atoms with Gasteiger partial charge in [-0.25, -0.2) is 4.79 Å². The molecule has 0 radical (unpaired) electrons. The van der Waals surface area contributed by atoms with Crippen molar-refractivity contribution in [1.82, 2.24) is 26.2 Å². The van der Waals surface area contributed by atoms with Crippen molar-refractivity contribution in [2.75, 3.05) is 6.54 Å². The lowest BCUT2D eigenvalue weighted by atomic mass is 9.79. The summed E-state index contributed by atoms with van der Waals surface area (Å²) in [6.07, 6.45) is 7.06. The maximum atomic E-state index is 14.5. The van der Waals surface area contributed by atoms with Crippen LogP contribution in [0.5, 0.6) is 0 Å². The minimum absolute atomic E-state index is 0.00455. The summed E-state index contributed by atoms with van der Waals surface area (Å²) in [5.74, 6) is -2.30. The van der Waals surface area contributed by atoms with Crippen molar-refractivity contribution in [2.45, 2.75) is 167 Å². The molecule has 50 heavy (non-hydrogen) atoms. The number of nitrogens with zero attached hydrogens (tertiary/aromatic N) is 1. The van der Waals surface area contributed by atoms with Crippen LogP contribution in [0.15, 0.2) is 0 Å². The summed E-state index contributed by atoms with van der Waals surface area (Å²) in [6, 6.07) is -3.46. The van der Waals surface area contributed by atoms with Gasteiger partial charge in [0.25, 0.3) is 5.91 Å². The number of amides is 5. The molecule has 13 heteroatoms. The van der Waals surface area contributed by atoms with Gasteiger partial charge in [0.1, 0.15) is 12.1 Å². The Balaban J connectivity index is 1.53. The summed E-state index contributed by atoms with van der Waals surface area (Å²) in [4.78, 5) is 82.9. The number of hydrogen-bond donors (Lipinski definition) is 4. The molecule has 12 nitrogen and oxygen atoms in total. The van der Waals surface area contributed by atoms with E-state index in [2.05, 4.69) is 35.1 Å². The Morgan fingerprint density at radius 1 is 0.920 bits per heavy atom. The van der Waals surface area contributed by atoms with Crippen molar-refractivity contribution >= 4 is 45.5 Å². The first kappa shape index (κ1) is 39.9. The van der Waals surface area contributed by atoms with Gasteiger partial charge < -0.3 is 26.2 Å². The zero-order valence-corrected chi connectivity index (χ0v) is 32.5. The van der Waals surface area contributed by atoms with E-state index in [-0.39, 0.29) is 29.7 Å². The number of unbranched alkanes of at least 4 members (excludes halogenated alkanes) is 1. The zero-order valence-electron chi connectivity index (χ0n) is 31.7. The van der Waals surface area contributed by atoms with Gasteiger partial charge in [0.2, 0.25) is 22.7 Å². The third-order valence-electron chi connectivity index (χ3n) is 11.2. The molecule has 282 valence electrons. The number of hydrogen-bond acceptors (Lipinski definition) is 7. The first-order valence-corrected chi connectivity index (χ1v) is 19.8. The van der Waals surface area contributed by atoms with Gasteiger partial charge in [-0.2, -0.15) is 0 Å². The van der Waals surface area contributed by atoms with E-state index in [1.807, 2.05) is 27.7 Å². The predicted octanol–water partition coefficient (Wildman–Crippen LogP) is 3.87. The molecular formula is C37H61N5O7S. The van der Waals surface area contributed by atoms with Crippen LogP contribution in [0.25, 0.3) is 0 Å². The molecule has 6 atom stereocenters. The molecule has 0 spiro atoms. The van der Waals surface area contributed by atoms with E-state index in [0.717, 1.165) is 38.5 Å². The summed E-state index contributed by atoms with van der Waals surface area (Å²) in [7, 11) is -1.74. The lowest BCUT2D eigenvalue weighted by Crippen LogP contribution is -2.63. The molecule has 3 aliphatic carbocycles. The normalized spacial score (nSPS) is 25.7. The highest BCUT2D eigenvalue weighted by molar-refractivity contribution is 8.01. The predicted molar refractivity (Wildman–Crippen MR) is 192 cm³/mol. The third-order valence-corrected chi connectivity index (χ3v) is 12.9. The SMILES string of the molecule is CCCCC(NC(=O)C1C2C(CN1C(=O)C(NC(=O)NC1(CC(=O)S(=O)C(C)(C)C)CCCCC1)C(C)(C)C)C2(C)C)C(=O)C(=O)NC1CC1. The number of urea groups is 1. The Morgan fingerprint density at radius 3 is 2.08 bits per heavy atom. The molecule has 4 fully saturated rings. The van der Waals surface area contributed by atoms with E-state index in [1.165, 1.54) is 0 Å². The first-order chi connectivity index (χ1) is 23.1. The number of piperidine rings is 1. The number of fused-ring (bicyclic) bond motifs is 1. The van der Waals surface area contributed by atoms with Gasteiger partial charge in [0.05, 0.1) is 16.8 Å². The molecule has 3 saturated carbocycles. The molecule has 1 saturated heterocycles. The van der Waals surface area contributed by atoms with Crippen LogP contribution in [0.3, 0.4) is 0 Å². The molecule has 0 aromatic rings. The Labute approximate surface area is 300 Å². The molecule has 0 aromatic carbocycles.